The second-order valence-corrected chi connectivity index (χ2v) is 7.50. The highest BCUT2D eigenvalue weighted by atomic mass is 32.2. The minimum atomic E-state index is -3.49. The number of benzene rings is 1. The summed E-state index contributed by atoms with van der Waals surface area (Å²) in [7, 11) is -3.49. The van der Waals surface area contributed by atoms with Crippen molar-refractivity contribution in [3.05, 3.63) is 29.8 Å². The number of hydrogen-bond acceptors (Lipinski definition) is 3. The van der Waals surface area contributed by atoms with Crippen LogP contribution in [0.1, 0.15) is 44.1 Å². The van der Waals surface area contributed by atoms with E-state index in [1.165, 1.54) is 0 Å². The van der Waals surface area contributed by atoms with E-state index in [1.807, 2.05) is 19.1 Å². The molecule has 4 nitrogen and oxygen atoms in total. The molecule has 0 bridgehead atoms. The zero-order chi connectivity index (χ0) is 14.6. The maximum atomic E-state index is 12.5. The van der Waals surface area contributed by atoms with E-state index in [-0.39, 0.29) is 0 Å². The fourth-order valence-corrected chi connectivity index (χ4v) is 4.28. The minimum absolute atomic E-state index is 0.320. The third-order valence-electron chi connectivity index (χ3n) is 4.13. The second-order valence-electron chi connectivity index (χ2n) is 5.82. The molecule has 1 aliphatic rings. The molecule has 20 heavy (non-hydrogen) atoms. The van der Waals surface area contributed by atoms with Gasteiger partial charge in [0.25, 0.3) is 0 Å². The van der Waals surface area contributed by atoms with Gasteiger partial charge in [-0.25, -0.2) is 13.1 Å². The van der Waals surface area contributed by atoms with Gasteiger partial charge in [-0.1, -0.05) is 43.4 Å². The quantitative estimate of drug-likeness (QED) is 0.838. The SMILES string of the molecule is Cc1ccc(S(=O)(=O)NC2(CN)CCCCCC2)cc1. The summed E-state index contributed by atoms with van der Waals surface area (Å²) in [6.45, 7) is 2.30. The number of aryl methyl sites for hydroxylation is 1. The van der Waals surface area contributed by atoms with Gasteiger partial charge in [0.1, 0.15) is 0 Å². The molecule has 1 saturated carbocycles. The van der Waals surface area contributed by atoms with E-state index in [0.717, 1.165) is 44.1 Å². The van der Waals surface area contributed by atoms with Gasteiger partial charge in [0.15, 0.2) is 0 Å². The zero-order valence-corrected chi connectivity index (χ0v) is 12.9. The molecular formula is C15H24N2O2S. The van der Waals surface area contributed by atoms with Crippen molar-refractivity contribution in [2.24, 2.45) is 5.73 Å². The molecule has 112 valence electrons. The standard InChI is InChI=1S/C15H24N2O2S/c1-13-6-8-14(9-7-13)20(18,19)17-15(12-16)10-4-2-3-5-11-15/h6-9,17H,2-5,10-12,16H2,1H3. The summed E-state index contributed by atoms with van der Waals surface area (Å²) in [5.74, 6) is 0. The van der Waals surface area contributed by atoms with Crippen molar-refractivity contribution in [2.75, 3.05) is 6.54 Å². The lowest BCUT2D eigenvalue weighted by molar-refractivity contribution is 0.342. The molecule has 3 N–H and O–H groups in total. The maximum Gasteiger partial charge on any atom is 0.241 e. The molecule has 0 unspecified atom stereocenters. The van der Waals surface area contributed by atoms with Gasteiger partial charge in [0, 0.05) is 12.1 Å². The predicted octanol–water partition coefficient (Wildman–Crippen LogP) is 2.33. The number of sulfonamides is 1. The fourth-order valence-electron chi connectivity index (χ4n) is 2.81. The lowest BCUT2D eigenvalue weighted by Crippen LogP contribution is -2.53. The Morgan fingerprint density at radius 3 is 2.15 bits per heavy atom. The number of nitrogens with two attached hydrogens (primary N) is 1. The second kappa shape index (κ2) is 6.24. The molecule has 1 aromatic rings. The van der Waals surface area contributed by atoms with Crippen molar-refractivity contribution in [1.29, 1.82) is 0 Å². The van der Waals surface area contributed by atoms with Crippen LogP contribution in [-0.4, -0.2) is 20.5 Å². The Labute approximate surface area is 121 Å². The Morgan fingerprint density at radius 1 is 1.10 bits per heavy atom. The van der Waals surface area contributed by atoms with Gasteiger partial charge in [-0.2, -0.15) is 0 Å². The van der Waals surface area contributed by atoms with Crippen LogP contribution in [0, 0.1) is 6.92 Å². The molecule has 1 fully saturated rings. The Balaban J connectivity index is 2.23. The van der Waals surface area contributed by atoms with E-state index < -0.39 is 15.6 Å². The third-order valence-corrected chi connectivity index (χ3v) is 5.73. The van der Waals surface area contributed by atoms with E-state index in [4.69, 9.17) is 5.73 Å². The monoisotopic (exact) mass is 296 g/mol. The Hall–Kier alpha value is -0.910. The first kappa shape index (κ1) is 15.5. The van der Waals surface area contributed by atoms with Crippen LogP contribution in [0.4, 0.5) is 0 Å². The fraction of sp³-hybridized carbons (Fsp3) is 0.600. The summed E-state index contributed by atoms with van der Waals surface area (Å²) in [4.78, 5) is 0.320. The molecule has 2 rings (SSSR count). The van der Waals surface area contributed by atoms with Crippen molar-refractivity contribution in [1.82, 2.24) is 4.72 Å². The van der Waals surface area contributed by atoms with Gasteiger partial charge < -0.3 is 5.73 Å². The van der Waals surface area contributed by atoms with Crippen LogP contribution >= 0.6 is 0 Å². The molecule has 1 aliphatic carbocycles. The number of rotatable bonds is 4. The van der Waals surface area contributed by atoms with Crippen molar-refractivity contribution in [3.63, 3.8) is 0 Å². The first-order valence-electron chi connectivity index (χ1n) is 7.28. The average molecular weight is 296 g/mol. The predicted molar refractivity (Wildman–Crippen MR) is 81.0 cm³/mol. The summed E-state index contributed by atoms with van der Waals surface area (Å²) in [6.07, 6.45) is 6.05. The van der Waals surface area contributed by atoms with Gasteiger partial charge in [-0.15, -0.1) is 0 Å². The molecule has 5 heteroatoms. The normalized spacial score (nSPS) is 19.5. The smallest absolute Gasteiger partial charge is 0.241 e. The molecule has 1 aromatic carbocycles. The lowest BCUT2D eigenvalue weighted by Gasteiger charge is -2.32. The highest BCUT2D eigenvalue weighted by molar-refractivity contribution is 7.89. The Bertz CT molecular complexity index is 529. The molecule has 0 aromatic heterocycles. The van der Waals surface area contributed by atoms with E-state index in [2.05, 4.69) is 4.72 Å². The molecule has 0 saturated heterocycles. The molecule has 0 atom stereocenters. The van der Waals surface area contributed by atoms with Crippen LogP contribution in [0.2, 0.25) is 0 Å². The van der Waals surface area contributed by atoms with Crippen molar-refractivity contribution in [3.8, 4) is 0 Å². The van der Waals surface area contributed by atoms with Crippen molar-refractivity contribution >= 4 is 10.0 Å². The van der Waals surface area contributed by atoms with Gasteiger partial charge in [-0.05, 0) is 31.9 Å². The Kier molecular flexibility index (Phi) is 4.83. The molecular weight excluding hydrogens is 272 g/mol. The molecule has 0 heterocycles. The van der Waals surface area contributed by atoms with Crippen molar-refractivity contribution in [2.45, 2.75) is 55.9 Å². The van der Waals surface area contributed by atoms with Gasteiger partial charge >= 0.3 is 0 Å². The summed E-state index contributed by atoms with van der Waals surface area (Å²) >= 11 is 0. The highest BCUT2D eigenvalue weighted by Gasteiger charge is 2.34. The molecule has 0 spiro atoms. The summed E-state index contributed by atoms with van der Waals surface area (Å²) in [5, 5.41) is 0. The minimum Gasteiger partial charge on any atom is -0.329 e. The Morgan fingerprint density at radius 2 is 1.65 bits per heavy atom. The van der Waals surface area contributed by atoms with E-state index in [1.54, 1.807) is 12.1 Å². The van der Waals surface area contributed by atoms with E-state index >= 15 is 0 Å². The third kappa shape index (κ3) is 3.59. The highest BCUT2D eigenvalue weighted by Crippen LogP contribution is 2.28. The lowest BCUT2D eigenvalue weighted by atomic mass is 9.92. The van der Waals surface area contributed by atoms with Crippen LogP contribution < -0.4 is 10.5 Å². The van der Waals surface area contributed by atoms with Gasteiger partial charge in [-0.3, -0.25) is 0 Å². The van der Waals surface area contributed by atoms with Crippen LogP contribution in [0.3, 0.4) is 0 Å². The molecule has 0 aliphatic heterocycles. The maximum absolute atomic E-state index is 12.5. The summed E-state index contributed by atoms with van der Waals surface area (Å²) < 4.78 is 27.9. The van der Waals surface area contributed by atoms with E-state index in [0.29, 0.717) is 11.4 Å². The topological polar surface area (TPSA) is 72.2 Å². The first-order chi connectivity index (χ1) is 9.47. The van der Waals surface area contributed by atoms with Crippen LogP contribution in [-0.2, 0) is 10.0 Å². The number of hydrogen-bond donors (Lipinski definition) is 2. The summed E-state index contributed by atoms with van der Waals surface area (Å²) in [5.41, 5.74) is 6.47. The zero-order valence-electron chi connectivity index (χ0n) is 12.1. The molecule has 0 radical (unpaired) electrons. The van der Waals surface area contributed by atoms with Gasteiger partial charge in [0.05, 0.1) is 4.90 Å². The average Bonchev–Trinajstić information content (AvgIpc) is 2.65. The largest absolute Gasteiger partial charge is 0.329 e. The first-order valence-corrected chi connectivity index (χ1v) is 8.77. The van der Waals surface area contributed by atoms with E-state index in [9.17, 15) is 8.42 Å². The van der Waals surface area contributed by atoms with Crippen LogP contribution in [0.5, 0.6) is 0 Å². The van der Waals surface area contributed by atoms with Gasteiger partial charge in [0.2, 0.25) is 10.0 Å². The van der Waals surface area contributed by atoms with Crippen LogP contribution in [0.25, 0.3) is 0 Å². The number of nitrogens with one attached hydrogen (secondary N) is 1. The molecule has 0 amide bonds. The van der Waals surface area contributed by atoms with Crippen molar-refractivity contribution < 1.29 is 8.42 Å². The van der Waals surface area contributed by atoms with Crippen LogP contribution in [0.15, 0.2) is 29.2 Å². The summed E-state index contributed by atoms with van der Waals surface area (Å²) in [6, 6.07) is 6.94.